The molecule has 0 spiro atoms. The summed E-state index contributed by atoms with van der Waals surface area (Å²) in [5.41, 5.74) is 1.02. The second-order valence-electron chi connectivity index (χ2n) is 5.93. The van der Waals surface area contributed by atoms with Gasteiger partial charge in [-0.25, -0.2) is 9.18 Å². The average molecular weight is 356 g/mol. The Morgan fingerprint density at radius 1 is 1.27 bits per heavy atom. The Labute approximate surface area is 149 Å². The zero-order chi connectivity index (χ0) is 18.7. The van der Waals surface area contributed by atoms with Crippen LogP contribution >= 0.6 is 0 Å². The lowest BCUT2D eigenvalue weighted by Gasteiger charge is -2.21. The van der Waals surface area contributed by atoms with Crippen molar-refractivity contribution in [2.45, 2.75) is 6.04 Å². The Kier molecular flexibility index (Phi) is 4.92. The van der Waals surface area contributed by atoms with Gasteiger partial charge >= 0.3 is 6.03 Å². The van der Waals surface area contributed by atoms with Crippen LogP contribution in [0.1, 0.15) is 17.3 Å². The molecule has 134 valence electrons. The summed E-state index contributed by atoms with van der Waals surface area (Å²) in [6, 6.07) is 9.77. The van der Waals surface area contributed by atoms with E-state index in [1.807, 2.05) is 0 Å². The van der Waals surface area contributed by atoms with Gasteiger partial charge in [-0.1, -0.05) is 18.2 Å². The summed E-state index contributed by atoms with van der Waals surface area (Å²) in [6.07, 6.45) is 1.57. The average Bonchev–Trinajstić information content (AvgIpc) is 2.86. The summed E-state index contributed by atoms with van der Waals surface area (Å²) in [4.78, 5) is 42.5. The fourth-order valence-electron chi connectivity index (χ4n) is 2.74. The second kappa shape index (κ2) is 7.30. The van der Waals surface area contributed by atoms with Gasteiger partial charge in [-0.05, 0) is 29.8 Å². The van der Waals surface area contributed by atoms with E-state index >= 15 is 0 Å². The molecule has 2 heterocycles. The molecule has 1 unspecified atom stereocenters. The molecular formula is C18H17FN4O3. The van der Waals surface area contributed by atoms with Crippen molar-refractivity contribution in [3.8, 4) is 0 Å². The monoisotopic (exact) mass is 356 g/mol. The first kappa shape index (κ1) is 17.5. The molecule has 4 amide bonds. The number of carbonyl (C=O) groups is 3. The Balaban J connectivity index is 1.81. The first-order chi connectivity index (χ1) is 12.5. The molecule has 1 aliphatic rings. The van der Waals surface area contributed by atoms with Gasteiger partial charge in [0.05, 0.1) is 11.7 Å². The molecule has 0 radical (unpaired) electrons. The molecule has 0 bridgehead atoms. The van der Waals surface area contributed by atoms with E-state index in [4.69, 9.17) is 0 Å². The zero-order valence-electron chi connectivity index (χ0n) is 14.1. The van der Waals surface area contributed by atoms with Gasteiger partial charge in [-0.15, -0.1) is 0 Å². The highest BCUT2D eigenvalue weighted by atomic mass is 19.1. The highest BCUT2D eigenvalue weighted by Crippen LogP contribution is 2.21. The van der Waals surface area contributed by atoms with Crippen LogP contribution in [0.5, 0.6) is 0 Å². The number of nitrogens with one attached hydrogen (secondary N) is 1. The van der Waals surface area contributed by atoms with Crippen LogP contribution in [0.2, 0.25) is 0 Å². The number of nitrogens with zero attached hydrogens (tertiary/aromatic N) is 3. The summed E-state index contributed by atoms with van der Waals surface area (Å²) in [5.74, 6) is -1.42. The maximum absolute atomic E-state index is 13.6. The Morgan fingerprint density at radius 2 is 2.08 bits per heavy atom. The second-order valence-corrected chi connectivity index (χ2v) is 5.93. The van der Waals surface area contributed by atoms with Crippen LogP contribution in [-0.4, -0.2) is 52.8 Å². The van der Waals surface area contributed by atoms with Gasteiger partial charge in [0.25, 0.3) is 5.91 Å². The molecular weight excluding hydrogens is 339 g/mol. The van der Waals surface area contributed by atoms with E-state index in [2.05, 4.69) is 10.3 Å². The van der Waals surface area contributed by atoms with E-state index in [1.165, 1.54) is 30.1 Å². The quantitative estimate of drug-likeness (QED) is 0.819. The van der Waals surface area contributed by atoms with E-state index in [1.54, 1.807) is 30.5 Å². The van der Waals surface area contributed by atoms with Gasteiger partial charge in [0.15, 0.2) is 0 Å². The molecule has 3 rings (SSSR count). The van der Waals surface area contributed by atoms with Crippen molar-refractivity contribution in [3.05, 3.63) is 65.7 Å². The van der Waals surface area contributed by atoms with Crippen LogP contribution in [0.15, 0.2) is 48.7 Å². The van der Waals surface area contributed by atoms with Crippen molar-refractivity contribution in [1.29, 1.82) is 0 Å². The number of imide groups is 1. The number of hydrogen-bond donors (Lipinski definition) is 1. The van der Waals surface area contributed by atoms with Crippen molar-refractivity contribution >= 4 is 17.8 Å². The number of amides is 4. The van der Waals surface area contributed by atoms with Crippen molar-refractivity contribution < 1.29 is 18.8 Å². The SMILES string of the molecule is CN1CC(=O)N(CC(=O)NC(c2cccc(F)c2)c2ccccn2)C1=O. The minimum atomic E-state index is -0.704. The number of urea groups is 1. The largest absolute Gasteiger partial charge is 0.342 e. The van der Waals surface area contributed by atoms with Crippen LogP contribution in [0.3, 0.4) is 0 Å². The fourth-order valence-corrected chi connectivity index (χ4v) is 2.74. The van der Waals surface area contributed by atoms with Gasteiger partial charge in [0, 0.05) is 13.2 Å². The maximum atomic E-state index is 13.6. The topological polar surface area (TPSA) is 82.6 Å². The minimum Gasteiger partial charge on any atom is -0.342 e. The lowest BCUT2D eigenvalue weighted by Crippen LogP contribution is -2.42. The normalized spacial score (nSPS) is 15.3. The molecule has 7 nitrogen and oxygen atoms in total. The highest BCUT2D eigenvalue weighted by Gasteiger charge is 2.35. The molecule has 1 N–H and O–H groups in total. The first-order valence-electron chi connectivity index (χ1n) is 7.97. The number of pyridine rings is 1. The molecule has 0 aliphatic carbocycles. The predicted molar refractivity (Wildman–Crippen MR) is 90.4 cm³/mol. The molecule has 8 heteroatoms. The zero-order valence-corrected chi connectivity index (χ0v) is 14.1. The van der Waals surface area contributed by atoms with Gasteiger partial charge < -0.3 is 10.2 Å². The Hall–Kier alpha value is -3.29. The number of likely N-dealkylation sites (N-methyl/N-ethyl adjacent to an activating group) is 1. The summed E-state index contributed by atoms with van der Waals surface area (Å²) >= 11 is 0. The number of carbonyl (C=O) groups excluding carboxylic acids is 3. The number of benzene rings is 1. The molecule has 1 aromatic carbocycles. The third kappa shape index (κ3) is 3.69. The summed E-state index contributed by atoms with van der Waals surface area (Å²) in [7, 11) is 1.49. The molecule has 1 saturated heterocycles. The fraction of sp³-hybridized carbons (Fsp3) is 0.222. The molecule has 1 aliphatic heterocycles. The van der Waals surface area contributed by atoms with E-state index in [0.717, 1.165) is 4.90 Å². The third-order valence-corrected chi connectivity index (χ3v) is 4.00. The Bertz CT molecular complexity index is 843. The van der Waals surface area contributed by atoms with Crippen molar-refractivity contribution in [2.24, 2.45) is 0 Å². The van der Waals surface area contributed by atoms with Crippen LogP contribution < -0.4 is 5.32 Å². The van der Waals surface area contributed by atoms with Gasteiger partial charge in [0.1, 0.15) is 18.9 Å². The smallest absolute Gasteiger partial charge is 0.327 e. The molecule has 1 aromatic heterocycles. The maximum Gasteiger partial charge on any atom is 0.327 e. The van der Waals surface area contributed by atoms with Crippen LogP contribution in [-0.2, 0) is 9.59 Å². The van der Waals surface area contributed by atoms with Gasteiger partial charge in [-0.2, -0.15) is 0 Å². The van der Waals surface area contributed by atoms with Crippen molar-refractivity contribution in [1.82, 2.24) is 20.1 Å². The molecule has 1 fully saturated rings. The lowest BCUT2D eigenvalue weighted by atomic mass is 10.0. The van der Waals surface area contributed by atoms with Gasteiger partial charge in [-0.3, -0.25) is 19.5 Å². The van der Waals surface area contributed by atoms with E-state index in [0.29, 0.717) is 11.3 Å². The van der Waals surface area contributed by atoms with Crippen LogP contribution in [0.4, 0.5) is 9.18 Å². The van der Waals surface area contributed by atoms with Crippen LogP contribution in [0.25, 0.3) is 0 Å². The first-order valence-corrected chi connectivity index (χ1v) is 7.97. The van der Waals surface area contributed by atoms with E-state index in [-0.39, 0.29) is 6.54 Å². The molecule has 2 aromatic rings. The van der Waals surface area contributed by atoms with E-state index < -0.39 is 36.2 Å². The number of hydrogen-bond acceptors (Lipinski definition) is 4. The number of rotatable bonds is 5. The van der Waals surface area contributed by atoms with Crippen LogP contribution in [0, 0.1) is 5.82 Å². The number of aromatic nitrogens is 1. The molecule has 26 heavy (non-hydrogen) atoms. The minimum absolute atomic E-state index is 0.0559. The molecule has 1 atom stereocenters. The van der Waals surface area contributed by atoms with Crippen molar-refractivity contribution in [3.63, 3.8) is 0 Å². The van der Waals surface area contributed by atoms with Crippen molar-refractivity contribution in [2.75, 3.05) is 20.1 Å². The summed E-state index contributed by atoms with van der Waals surface area (Å²) < 4.78 is 13.6. The lowest BCUT2D eigenvalue weighted by molar-refractivity contribution is -0.130. The molecule has 0 saturated carbocycles. The summed E-state index contributed by atoms with van der Waals surface area (Å²) in [6.45, 7) is -0.458. The predicted octanol–water partition coefficient (Wildman–Crippen LogP) is 1.32. The Morgan fingerprint density at radius 3 is 2.69 bits per heavy atom. The van der Waals surface area contributed by atoms with Gasteiger partial charge in [0.2, 0.25) is 5.91 Å². The standard InChI is InChI=1S/C18H17FN4O3/c1-22-11-16(25)23(18(22)26)10-15(24)21-17(14-7-2-3-8-20-14)12-5-4-6-13(19)9-12/h2-9,17H,10-11H2,1H3,(H,21,24). The highest BCUT2D eigenvalue weighted by molar-refractivity contribution is 6.04. The number of halogens is 1. The third-order valence-electron chi connectivity index (χ3n) is 4.00. The summed E-state index contributed by atoms with van der Waals surface area (Å²) in [5, 5.41) is 2.73. The van der Waals surface area contributed by atoms with E-state index in [9.17, 15) is 18.8 Å².